The van der Waals surface area contributed by atoms with Gasteiger partial charge in [-0.25, -0.2) is 14.6 Å². The zero-order valence-electron chi connectivity index (χ0n) is 18.4. The second kappa shape index (κ2) is 11.8. The molecular weight excluding hydrogens is 521 g/mol. The van der Waals surface area contributed by atoms with Crippen LogP contribution in [0, 0.1) is 17.1 Å². The van der Waals surface area contributed by atoms with Crippen molar-refractivity contribution in [3.05, 3.63) is 92.7 Å². The summed E-state index contributed by atoms with van der Waals surface area (Å²) < 4.78 is 26.1. The first-order valence-corrected chi connectivity index (χ1v) is 11.1. The SMILES string of the molecule is CCOc1cc(/C=N\NC(=O)c2ccc(C#N)cc2F)cc(Br)c1OCc1cccc(C(=O)O)c1. The Labute approximate surface area is 208 Å². The molecule has 0 radical (unpaired) electrons. The van der Waals surface area contributed by atoms with Crippen LogP contribution in [0.15, 0.2) is 64.2 Å². The Hall–Kier alpha value is -4.23. The summed E-state index contributed by atoms with van der Waals surface area (Å²) in [7, 11) is 0. The molecule has 8 nitrogen and oxygen atoms in total. The molecule has 0 aromatic heterocycles. The van der Waals surface area contributed by atoms with Gasteiger partial charge in [0.25, 0.3) is 5.91 Å². The fourth-order valence-corrected chi connectivity index (χ4v) is 3.58. The van der Waals surface area contributed by atoms with Gasteiger partial charge >= 0.3 is 5.97 Å². The fraction of sp³-hybridized carbons (Fsp3) is 0.120. The van der Waals surface area contributed by atoms with E-state index in [4.69, 9.17) is 19.8 Å². The van der Waals surface area contributed by atoms with Crippen LogP contribution in [0.4, 0.5) is 4.39 Å². The number of ether oxygens (including phenoxy) is 2. The second-order valence-corrected chi connectivity index (χ2v) is 7.92. The van der Waals surface area contributed by atoms with E-state index in [2.05, 4.69) is 26.5 Å². The predicted octanol–water partition coefficient (Wildman–Crippen LogP) is 4.90. The van der Waals surface area contributed by atoms with Crippen LogP contribution < -0.4 is 14.9 Å². The van der Waals surface area contributed by atoms with Gasteiger partial charge in [-0.2, -0.15) is 10.4 Å². The molecule has 0 heterocycles. The standard InChI is InChI=1S/C25H19BrFN3O5/c1-2-34-22-11-17(13-29-30-24(31)19-7-6-15(12-28)10-21(19)27)9-20(26)23(22)35-14-16-4-3-5-18(8-16)25(32)33/h3-11,13H,2,14H2,1H3,(H,30,31)(H,32,33)/b29-13-. The van der Waals surface area contributed by atoms with Crippen molar-refractivity contribution in [3.8, 4) is 17.6 Å². The van der Waals surface area contributed by atoms with Crippen molar-refractivity contribution in [1.82, 2.24) is 5.43 Å². The van der Waals surface area contributed by atoms with Crippen LogP contribution in [0.5, 0.6) is 11.5 Å². The topological polar surface area (TPSA) is 121 Å². The molecule has 0 atom stereocenters. The van der Waals surface area contributed by atoms with Gasteiger partial charge < -0.3 is 14.6 Å². The molecule has 1 amide bonds. The molecule has 0 bridgehead atoms. The van der Waals surface area contributed by atoms with E-state index in [1.54, 1.807) is 37.3 Å². The van der Waals surface area contributed by atoms with Crippen molar-refractivity contribution >= 4 is 34.0 Å². The molecule has 0 unspecified atom stereocenters. The number of hydrogen-bond donors (Lipinski definition) is 2. The number of amides is 1. The van der Waals surface area contributed by atoms with Gasteiger partial charge in [-0.3, -0.25) is 4.79 Å². The summed E-state index contributed by atoms with van der Waals surface area (Å²) in [5, 5.41) is 21.8. The van der Waals surface area contributed by atoms with Crippen LogP contribution in [0.25, 0.3) is 0 Å². The van der Waals surface area contributed by atoms with Crippen molar-refractivity contribution in [2.45, 2.75) is 13.5 Å². The Morgan fingerprint density at radius 1 is 1.20 bits per heavy atom. The lowest BCUT2D eigenvalue weighted by atomic mass is 10.1. The Kier molecular flexibility index (Phi) is 8.53. The molecule has 0 aliphatic carbocycles. The van der Waals surface area contributed by atoms with Crippen LogP contribution in [-0.2, 0) is 6.61 Å². The minimum atomic E-state index is -1.03. The summed E-state index contributed by atoms with van der Waals surface area (Å²) in [6, 6.07) is 15.1. The van der Waals surface area contributed by atoms with E-state index in [9.17, 15) is 14.0 Å². The maximum Gasteiger partial charge on any atom is 0.335 e. The number of carbonyl (C=O) groups excluding carboxylic acids is 1. The molecule has 0 aliphatic rings. The van der Waals surface area contributed by atoms with E-state index in [0.717, 1.165) is 6.07 Å². The summed E-state index contributed by atoms with van der Waals surface area (Å²) in [5.41, 5.74) is 3.49. The molecule has 3 aromatic rings. The van der Waals surface area contributed by atoms with E-state index in [0.29, 0.717) is 33.7 Å². The molecule has 10 heteroatoms. The Balaban J connectivity index is 1.74. The summed E-state index contributed by atoms with van der Waals surface area (Å²) in [6.07, 6.45) is 1.35. The van der Waals surface area contributed by atoms with Crippen LogP contribution in [0.3, 0.4) is 0 Å². The molecule has 0 spiro atoms. The molecule has 0 aliphatic heterocycles. The van der Waals surface area contributed by atoms with Crippen LogP contribution in [0.2, 0.25) is 0 Å². The molecule has 178 valence electrons. The first kappa shape index (κ1) is 25.4. The largest absolute Gasteiger partial charge is 0.490 e. The minimum absolute atomic E-state index is 0.104. The number of benzene rings is 3. The van der Waals surface area contributed by atoms with Gasteiger partial charge in [-0.15, -0.1) is 0 Å². The molecule has 2 N–H and O–H groups in total. The zero-order valence-corrected chi connectivity index (χ0v) is 20.0. The van der Waals surface area contributed by atoms with Gasteiger partial charge in [0.05, 0.1) is 40.1 Å². The highest BCUT2D eigenvalue weighted by atomic mass is 79.9. The summed E-state index contributed by atoms with van der Waals surface area (Å²) in [4.78, 5) is 23.4. The second-order valence-electron chi connectivity index (χ2n) is 7.06. The number of nitrogens with one attached hydrogen (secondary N) is 1. The van der Waals surface area contributed by atoms with Gasteiger partial charge in [-0.05, 0) is 76.4 Å². The number of nitrogens with zero attached hydrogens (tertiary/aromatic N) is 2. The average Bonchev–Trinajstić information content (AvgIpc) is 2.83. The van der Waals surface area contributed by atoms with Gasteiger partial charge in [-0.1, -0.05) is 12.1 Å². The lowest BCUT2D eigenvalue weighted by molar-refractivity contribution is 0.0696. The molecular formula is C25H19BrFN3O5. The zero-order chi connectivity index (χ0) is 25.4. The number of carboxylic acid groups (broad SMARTS) is 1. The quantitative estimate of drug-likeness (QED) is 0.294. The summed E-state index contributed by atoms with van der Waals surface area (Å²) in [6.45, 7) is 2.27. The number of carbonyl (C=O) groups is 2. The third-order valence-electron chi connectivity index (χ3n) is 4.61. The van der Waals surface area contributed by atoms with Crippen LogP contribution >= 0.6 is 15.9 Å². The highest BCUT2D eigenvalue weighted by molar-refractivity contribution is 9.10. The maximum atomic E-state index is 14.0. The monoisotopic (exact) mass is 539 g/mol. The van der Waals surface area contributed by atoms with Crippen molar-refractivity contribution in [1.29, 1.82) is 5.26 Å². The van der Waals surface area contributed by atoms with Crippen molar-refractivity contribution in [2.24, 2.45) is 5.10 Å². The fourth-order valence-electron chi connectivity index (χ4n) is 3.01. The van der Waals surface area contributed by atoms with Gasteiger partial charge in [0.2, 0.25) is 0 Å². The minimum Gasteiger partial charge on any atom is -0.490 e. The van der Waals surface area contributed by atoms with E-state index in [1.165, 1.54) is 30.5 Å². The summed E-state index contributed by atoms with van der Waals surface area (Å²) in [5.74, 6) is -1.80. The number of hydrazone groups is 1. The smallest absolute Gasteiger partial charge is 0.335 e. The number of halogens is 2. The number of carboxylic acids is 1. The number of rotatable bonds is 9. The van der Waals surface area contributed by atoms with Gasteiger partial charge in [0.15, 0.2) is 11.5 Å². The van der Waals surface area contributed by atoms with Crippen molar-refractivity contribution < 1.29 is 28.6 Å². The molecule has 0 fully saturated rings. The van der Waals surface area contributed by atoms with Crippen LogP contribution in [0.1, 0.15) is 44.3 Å². The van der Waals surface area contributed by atoms with E-state index in [1.807, 2.05) is 0 Å². The molecule has 3 rings (SSSR count). The first-order chi connectivity index (χ1) is 16.8. The average molecular weight is 540 g/mol. The Morgan fingerprint density at radius 2 is 2.00 bits per heavy atom. The highest BCUT2D eigenvalue weighted by Crippen LogP contribution is 2.37. The van der Waals surface area contributed by atoms with E-state index >= 15 is 0 Å². The van der Waals surface area contributed by atoms with E-state index < -0.39 is 17.7 Å². The van der Waals surface area contributed by atoms with E-state index in [-0.39, 0.29) is 23.3 Å². The van der Waals surface area contributed by atoms with Gasteiger partial charge in [0, 0.05) is 0 Å². The summed E-state index contributed by atoms with van der Waals surface area (Å²) >= 11 is 3.44. The van der Waals surface area contributed by atoms with Gasteiger partial charge in [0.1, 0.15) is 12.4 Å². The lowest BCUT2D eigenvalue weighted by Gasteiger charge is -2.15. The van der Waals surface area contributed by atoms with Crippen LogP contribution in [-0.4, -0.2) is 29.8 Å². The highest BCUT2D eigenvalue weighted by Gasteiger charge is 2.14. The third-order valence-corrected chi connectivity index (χ3v) is 5.20. The molecule has 0 saturated carbocycles. The predicted molar refractivity (Wildman–Crippen MR) is 129 cm³/mol. The Bertz CT molecular complexity index is 1340. The first-order valence-electron chi connectivity index (χ1n) is 10.3. The molecule has 0 saturated heterocycles. The van der Waals surface area contributed by atoms with Crippen molar-refractivity contribution in [3.63, 3.8) is 0 Å². The Morgan fingerprint density at radius 3 is 2.69 bits per heavy atom. The number of aromatic carboxylic acids is 1. The molecule has 35 heavy (non-hydrogen) atoms. The normalized spacial score (nSPS) is 10.6. The lowest BCUT2D eigenvalue weighted by Crippen LogP contribution is -2.19. The molecule has 3 aromatic carbocycles. The maximum absolute atomic E-state index is 14.0. The van der Waals surface area contributed by atoms with Crippen molar-refractivity contribution in [2.75, 3.05) is 6.61 Å². The third kappa shape index (κ3) is 6.65. The number of nitriles is 1. The number of hydrogen-bond acceptors (Lipinski definition) is 6.